The van der Waals surface area contributed by atoms with Crippen LogP contribution in [0.1, 0.15) is 33.1 Å². The lowest BCUT2D eigenvalue weighted by molar-refractivity contribution is 0.165. The summed E-state index contributed by atoms with van der Waals surface area (Å²) in [7, 11) is 4.19. The molecule has 0 saturated heterocycles. The highest BCUT2D eigenvalue weighted by Gasteiger charge is 2.39. The third-order valence-corrected chi connectivity index (χ3v) is 3.53. The quantitative estimate of drug-likeness (QED) is 0.738. The van der Waals surface area contributed by atoms with Gasteiger partial charge < -0.3 is 15.5 Å². The van der Waals surface area contributed by atoms with Crippen LogP contribution in [0, 0.1) is 0 Å². The summed E-state index contributed by atoms with van der Waals surface area (Å²) in [6.45, 7) is 7.36. The first-order chi connectivity index (χ1) is 7.55. The van der Waals surface area contributed by atoms with Gasteiger partial charge in [0.2, 0.25) is 0 Å². The van der Waals surface area contributed by atoms with E-state index in [1.54, 1.807) is 0 Å². The number of aliphatic imine (C=N–C) groups is 1. The second-order valence-electron chi connectivity index (χ2n) is 4.96. The van der Waals surface area contributed by atoms with Crippen molar-refractivity contribution in [2.24, 2.45) is 10.7 Å². The molecule has 0 spiro atoms. The van der Waals surface area contributed by atoms with Gasteiger partial charge in [0, 0.05) is 13.1 Å². The van der Waals surface area contributed by atoms with E-state index in [0.29, 0.717) is 0 Å². The van der Waals surface area contributed by atoms with Crippen LogP contribution in [0.5, 0.6) is 0 Å². The summed E-state index contributed by atoms with van der Waals surface area (Å²) in [5.74, 6) is 0.733. The second-order valence-corrected chi connectivity index (χ2v) is 4.96. The standard InChI is InChI=1S/C12H26N4/c1-5-7-12(6-2)10-14-11(13)16(12)9-8-15(3)4/h5-10H2,1-4H3,(H2,13,14). The van der Waals surface area contributed by atoms with Crippen molar-refractivity contribution in [3.8, 4) is 0 Å². The number of guanidine groups is 1. The molecule has 0 aromatic rings. The molecular formula is C12H26N4. The zero-order chi connectivity index (χ0) is 12.2. The minimum atomic E-state index is 0.189. The maximum Gasteiger partial charge on any atom is 0.191 e. The molecule has 0 bridgehead atoms. The van der Waals surface area contributed by atoms with Gasteiger partial charge in [-0.25, -0.2) is 0 Å². The number of nitrogens with two attached hydrogens (primary N) is 1. The molecule has 0 aromatic heterocycles. The van der Waals surface area contributed by atoms with Gasteiger partial charge >= 0.3 is 0 Å². The Kier molecular flexibility index (Phi) is 4.59. The molecule has 4 heteroatoms. The number of hydrogen-bond donors (Lipinski definition) is 1. The highest BCUT2D eigenvalue weighted by atomic mass is 15.4. The van der Waals surface area contributed by atoms with Gasteiger partial charge in [-0.2, -0.15) is 0 Å². The molecule has 0 radical (unpaired) electrons. The number of rotatable bonds is 6. The molecule has 0 aromatic carbocycles. The molecule has 1 atom stereocenters. The van der Waals surface area contributed by atoms with Crippen molar-refractivity contribution in [3.63, 3.8) is 0 Å². The van der Waals surface area contributed by atoms with Gasteiger partial charge in [-0.05, 0) is 26.9 Å². The van der Waals surface area contributed by atoms with Crippen molar-refractivity contribution in [3.05, 3.63) is 0 Å². The Balaban J connectivity index is 2.70. The van der Waals surface area contributed by atoms with Gasteiger partial charge in [0.1, 0.15) is 0 Å². The monoisotopic (exact) mass is 226 g/mol. The topological polar surface area (TPSA) is 44.9 Å². The molecule has 0 amide bonds. The average molecular weight is 226 g/mol. The SMILES string of the molecule is CCCC1(CC)CN=C(N)N1CCN(C)C. The van der Waals surface area contributed by atoms with E-state index in [9.17, 15) is 0 Å². The number of nitrogens with zero attached hydrogens (tertiary/aromatic N) is 3. The Morgan fingerprint density at radius 1 is 1.44 bits per heavy atom. The third-order valence-electron chi connectivity index (χ3n) is 3.53. The van der Waals surface area contributed by atoms with Gasteiger partial charge in [-0.3, -0.25) is 4.99 Å². The van der Waals surface area contributed by atoms with Crippen LogP contribution in [-0.4, -0.2) is 55.0 Å². The van der Waals surface area contributed by atoms with E-state index < -0.39 is 0 Å². The summed E-state index contributed by atoms with van der Waals surface area (Å²) in [4.78, 5) is 8.95. The Labute approximate surface area is 99.5 Å². The van der Waals surface area contributed by atoms with E-state index in [-0.39, 0.29) is 5.54 Å². The molecule has 0 saturated carbocycles. The van der Waals surface area contributed by atoms with Crippen molar-refractivity contribution in [2.75, 3.05) is 33.7 Å². The molecule has 16 heavy (non-hydrogen) atoms. The lowest BCUT2D eigenvalue weighted by Crippen LogP contribution is -2.53. The van der Waals surface area contributed by atoms with Crippen molar-refractivity contribution in [1.29, 1.82) is 0 Å². The Morgan fingerprint density at radius 2 is 2.12 bits per heavy atom. The fraction of sp³-hybridized carbons (Fsp3) is 0.917. The minimum Gasteiger partial charge on any atom is -0.370 e. The van der Waals surface area contributed by atoms with Gasteiger partial charge in [0.15, 0.2) is 5.96 Å². The maximum absolute atomic E-state index is 6.00. The summed E-state index contributed by atoms with van der Waals surface area (Å²) >= 11 is 0. The van der Waals surface area contributed by atoms with Crippen LogP contribution in [0.4, 0.5) is 0 Å². The zero-order valence-electron chi connectivity index (χ0n) is 11.2. The largest absolute Gasteiger partial charge is 0.370 e. The molecule has 0 fully saturated rings. The molecule has 1 aliphatic heterocycles. The van der Waals surface area contributed by atoms with Crippen molar-refractivity contribution < 1.29 is 0 Å². The molecule has 0 aliphatic carbocycles. The first kappa shape index (κ1) is 13.3. The number of hydrogen-bond acceptors (Lipinski definition) is 4. The summed E-state index contributed by atoms with van der Waals surface area (Å²) < 4.78 is 0. The maximum atomic E-state index is 6.00. The lowest BCUT2D eigenvalue weighted by atomic mass is 9.89. The predicted octanol–water partition coefficient (Wildman–Crippen LogP) is 1.13. The fourth-order valence-corrected chi connectivity index (χ4v) is 2.45. The smallest absolute Gasteiger partial charge is 0.191 e. The third kappa shape index (κ3) is 2.67. The molecule has 1 aliphatic rings. The first-order valence-electron chi connectivity index (χ1n) is 6.28. The van der Waals surface area contributed by atoms with Gasteiger partial charge in [-0.1, -0.05) is 20.3 Å². The van der Waals surface area contributed by atoms with E-state index in [0.717, 1.165) is 32.0 Å². The van der Waals surface area contributed by atoms with E-state index in [1.165, 1.54) is 12.8 Å². The summed E-state index contributed by atoms with van der Waals surface area (Å²) in [6, 6.07) is 0. The fourth-order valence-electron chi connectivity index (χ4n) is 2.45. The lowest BCUT2D eigenvalue weighted by Gasteiger charge is -2.39. The first-order valence-corrected chi connectivity index (χ1v) is 6.28. The number of likely N-dealkylation sites (N-methyl/N-ethyl adjacent to an activating group) is 1. The molecule has 94 valence electrons. The van der Waals surface area contributed by atoms with Crippen LogP contribution in [0.3, 0.4) is 0 Å². The summed E-state index contributed by atoms with van der Waals surface area (Å²) in [5, 5.41) is 0. The predicted molar refractivity (Wildman–Crippen MR) is 69.7 cm³/mol. The van der Waals surface area contributed by atoms with Crippen LogP contribution in [0.15, 0.2) is 4.99 Å². The molecular weight excluding hydrogens is 200 g/mol. The van der Waals surface area contributed by atoms with Gasteiger partial charge in [0.25, 0.3) is 0 Å². The highest BCUT2D eigenvalue weighted by Crippen LogP contribution is 2.29. The molecule has 2 N–H and O–H groups in total. The van der Waals surface area contributed by atoms with E-state index in [1.807, 2.05) is 0 Å². The van der Waals surface area contributed by atoms with E-state index in [2.05, 4.69) is 42.7 Å². The zero-order valence-corrected chi connectivity index (χ0v) is 11.2. The Hall–Kier alpha value is -0.770. The Morgan fingerprint density at radius 3 is 2.62 bits per heavy atom. The summed E-state index contributed by atoms with van der Waals surface area (Å²) in [5.41, 5.74) is 6.19. The minimum absolute atomic E-state index is 0.189. The summed E-state index contributed by atoms with van der Waals surface area (Å²) in [6.07, 6.45) is 3.49. The molecule has 1 unspecified atom stereocenters. The Bertz CT molecular complexity index is 249. The van der Waals surface area contributed by atoms with Crippen LogP contribution >= 0.6 is 0 Å². The van der Waals surface area contributed by atoms with Crippen molar-refractivity contribution >= 4 is 5.96 Å². The van der Waals surface area contributed by atoms with Crippen LogP contribution in [0.25, 0.3) is 0 Å². The molecule has 1 rings (SSSR count). The van der Waals surface area contributed by atoms with Crippen LogP contribution in [0.2, 0.25) is 0 Å². The van der Waals surface area contributed by atoms with Crippen molar-refractivity contribution in [1.82, 2.24) is 9.80 Å². The van der Waals surface area contributed by atoms with Crippen molar-refractivity contribution in [2.45, 2.75) is 38.6 Å². The van der Waals surface area contributed by atoms with Crippen LogP contribution < -0.4 is 5.73 Å². The normalized spacial score (nSPS) is 25.3. The second kappa shape index (κ2) is 5.53. The molecule has 1 heterocycles. The molecule has 4 nitrogen and oxygen atoms in total. The van der Waals surface area contributed by atoms with Gasteiger partial charge in [-0.15, -0.1) is 0 Å². The van der Waals surface area contributed by atoms with Gasteiger partial charge in [0.05, 0.1) is 12.1 Å². The van der Waals surface area contributed by atoms with E-state index in [4.69, 9.17) is 5.73 Å². The highest BCUT2D eigenvalue weighted by molar-refractivity contribution is 5.81. The average Bonchev–Trinajstić information content (AvgIpc) is 2.54. The van der Waals surface area contributed by atoms with E-state index >= 15 is 0 Å². The van der Waals surface area contributed by atoms with Crippen LogP contribution in [-0.2, 0) is 0 Å².